The van der Waals surface area contributed by atoms with Crippen LogP contribution in [0.2, 0.25) is 5.04 Å². The van der Waals surface area contributed by atoms with Crippen LogP contribution in [0.3, 0.4) is 0 Å². The van der Waals surface area contributed by atoms with Gasteiger partial charge in [0.25, 0.3) is 8.32 Å². The van der Waals surface area contributed by atoms with E-state index in [1.54, 1.807) is 18.3 Å². The van der Waals surface area contributed by atoms with Crippen LogP contribution in [0, 0.1) is 17.8 Å². The number of hydrogen-bond donors (Lipinski definition) is 1. The average molecular weight is 743 g/mol. The fourth-order valence-electron chi connectivity index (χ4n) is 8.72. The molecule has 0 bridgehead atoms. The van der Waals surface area contributed by atoms with E-state index in [2.05, 4.69) is 56.1 Å². The van der Waals surface area contributed by atoms with Gasteiger partial charge in [-0.05, 0) is 87.3 Å². The minimum atomic E-state index is -2.97. The van der Waals surface area contributed by atoms with Gasteiger partial charge in [0.1, 0.15) is 5.75 Å². The van der Waals surface area contributed by atoms with E-state index in [1.807, 2.05) is 66.7 Å². The zero-order valence-electron chi connectivity index (χ0n) is 31.1. The third kappa shape index (κ3) is 6.85. The van der Waals surface area contributed by atoms with Crippen molar-refractivity contribution in [2.75, 3.05) is 20.3 Å². The van der Waals surface area contributed by atoms with Gasteiger partial charge in [0.05, 0.1) is 44.0 Å². The van der Waals surface area contributed by atoms with E-state index in [0.717, 1.165) is 38.4 Å². The number of carbonyl (C=O) groups excluding carboxylic acids is 3. The first-order chi connectivity index (χ1) is 26.0. The van der Waals surface area contributed by atoms with Gasteiger partial charge in [-0.2, -0.15) is 4.90 Å². The molecule has 4 aromatic rings. The molecule has 2 aliphatic heterocycles. The van der Waals surface area contributed by atoms with E-state index >= 15 is 0 Å². The molecule has 3 amide bonds. The largest absolute Gasteiger partial charge is 0.508 e. The van der Waals surface area contributed by atoms with Crippen LogP contribution in [0.4, 0.5) is 4.79 Å². The lowest BCUT2D eigenvalue weighted by atomic mass is 9.69. The molecule has 2 saturated heterocycles. The quantitative estimate of drug-likeness (QED) is 0.108. The molecule has 2 fully saturated rings. The number of rotatable bonds is 10. The van der Waals surface area contributed by atoms with Crippen molar-refractivity contribution in [3.63, 3.8) is 0 Å². The van der Waals surface area contributed by atoms with E-state index in [4.69, 9.17) is 13.9 Å². The molecular weight excluding hydrogens is 697 g/mol. The molecule has 0 unspecified atom stereocenters. The summed E-state index contributed by atoms with van der Waals surface area (Å²) < 4.78 is 18.9. The summed E-state index contributed by atoms with van der Waals surface area (Å²) in [6, 6.07) is 33.7. The Balaban J connectivity index is 1.29. The van der Waals surface area contributed by atoms with Gasteiger partial charge >= 0.3 is 6.09 Å². The smallest absolute Gasteiger partial charge is 0.423 e. The van der Waals surface area contributed by atoms with E-state index < -0.39 is 44.0 Å². The molecule has 1 aromatic heterocycles. The summed E-state index contributed by atoms with van der Waals surface area (Å²) in [5, 5.41) is 11.9. The lowest BCUT2D eigenvalue weighted by Crippen LogP contribution is -2.66. The summed E-state index contributed by atoms with van der Waals surface area (Å²) in [6.45, 7) is 7.18. The number of allylic oxidation sites excluding steroid dienone is 1. The number of likely N-dealkylation sites (tertiary alicyclic amines) is 1. The number of phenolic OH excluding ortho intramolecular Hbond substituents is 1. The third-order valence-corrected chi connectivity index (χ3v) is 16.1. The molecule has 278 valence electrons. The van der Waals surface area contributed by atoms with Gasteiger partial charge < -0.3 is 19.0 Å². The van der Waals surface area contributed by atoms with Gasteiger partial charge in [-0.1, -0.05) is 99.6 Å². The van der Waals surface area contributed by atoms with E-state index in [1.165, 1.54) is 7.11 Å². The Morgan fingerprint density at radius 3 is 2.15 bits per heavy atom. The first-order valence-electron chi connectivity index (χ1n) is 18.5. The maximum atomic E-state index is 13.9. The van der Waals surface area contributed by atoms with Crippen LogP contribution in [0.25, 0.3) is 11.6 Å². The fraction of sp³-hybridized carbons (Fsp3) is 0.318. The predicted octanol–water partition coefficient (Wildman–Crippen LogP) is 6.77. The summed E-state index contributed by atoms with van der Waals surface area (Å²) >= 11 is 0. The number of benzene rings is 3. The molecule has 3 aromatic carbocycles. The van der Waals surface area contributed by atoms with Crippen molar-refractivity contribution in [2.24, 2.45) is 17.8 Å². The molecule has 0 saturated carbocycles. The number of nitrogens with zero attached hydrogens (tertiary/aromatic N) is 2. The zero-order chi connectivity index (χ0) is 38.0. The summed E-state index contributed by atoms with van der Waals surface area (Å²) in [6.07, 6.45) is 4.01. The number of imide groups is 3. The Morgan fingerprint density at radius 1 is 0.907 bits per heavy atom. The molecule has 1 N–H and O–H groups in total. The molecule has 9 nitrogen and oxygen atoms in total. The molecule has 0 radical (unpaired) electrons. The van der Waals surface area contributed by atoms with Gasteiger partial charge in [0, 0.05) is 12.1 Å². The number of amides is 3. The number of fused-ring (bicyclic) bond motifs is 3. The second-order valence-corrected chi connectivity index (χ2v) is 19.6. The molecule has 7 rings (SSSR count). The van der Waals surface area contributed by atoms with Crippen molar-refractivity contribution in [2.45, 2.75) is 51.2 Å². The first-order valence-corrected chi connectivity index (χ1v) is 20.4. The molecule has 4 atom stereocenters. The number of aromatic nitrogens is 1. The van der Waals surface area contributed by atoms with Crippen molar-refractivity contribution in [1.29, 1.82) is 0 Å². The Labute approximate surface area is 317 Å². The maximum absolute atomic E-state index is 13.9. The topological polar surface area (TPSA) is 115 Å². The number of pyridine rings is 1. The van der Waals surface area contributed by atoms with E-state index in [9.17, 15) is 19.5 Å². The minimum Gasteiger partial charge on any atom is -0.508 e. The number of ether oxygens (including phenoxy) is 2. The highest BCUT2D eigenvalue weighted by atomic mass is 28.4. The number of hydrogen-bond acceptors (Lipinski definition) is 8. The van der Waals surface area contributed by atoms with Crippen LogP contribution in [0.5, 0.6) is 5.75 Å². The maximum Gasteiger partial charge on any atom is 0.423 e. The molecule has 3 heterocycles. The highest BCUT2D eigenvalue weighted by molar-refractivity contribution is 6.99. The summed E-state index contributed by atoms with van der Waals surface area (Å²) in [5.74, 6) is -2.71. The van der Waals surface area contributed by atoms with Crippen LogP contribution in [-0.4, -0.2) is 67.6 Å². The SMILES string of the molecule is COC(=O)N1C(=O)[C@@H]2[C@@H](CC(CO[Si](c3ccccc3)(c3ccccc3)C(C)(C)C)=C3[C@@H](CC/C(=C/c4ccc(O)cc4)c4ccccn4)OC[C@@H]32)C1=O. The highest BCUT2D eigenvalue weighted by Crippen LogP contribution is 2.51. The Hall–Kier alpha value is -5.16. The normalized spacial score (nSPS) is 21.6. The van der Waals surface area contributed by atoms with Crippen molar-refractivity contribution in [3.05, 3.63) is 132 Å². The second kappa shape index (κ2) is 15.3. The van der Waals surface area contributed by atoms with Crippen LogP contribution in [-0.2, 0) is 23.5 Å². The van der Waals surface area contributed by atoms with Crippen LogP contribution >= 0.6 is 0 Å². The monoisotopic (exact) mass is 742 g/mol. The van der Waals surface area contributed by atoms with Gasteiger partial charge in [-0.25, -0.2) is 4.79 Å². The molecule has 10 heteroatoms. The number of carbonyl (C=O) groups is 3. The number of aromatic hydroxyl groups is 1. The average Bonchev–Trinajstić information content (AvgIpc) is 3.72. The van der Waals surface area contributed by atoms with Crippen molar-refractivity contribution in [1.82, 2.24) is 9.88 Å². The number of phenols is 1. The van der Waals surface area contributed by atoms with Crippen LogP contribution in [0.1, 0.15) is 51.3 Å². The molecular formula is C44H46N2O7Si. The zero-order valence-corrected chi connectivity index (χ0v) is 32.1. The molecule has 1 aliphatic carbocycles. The molecule has 54 heavy (non-hydrogen) atoms. The minimum absolute atomic E-state index is 0.193. The molecule has 3 aliphatic rings. The van der Waals surface area contributed by atoms with Gasteiger partial charge in [-0.15, -0.1) is 0 Å². The van der Waals surface area contributed by atoms with E-state index in [-0.39, 0.29) is 36.5 Å². The Bertz CT molecular complexity index is 2020. The second-order valence-electron chi connectivity index (χ2n) is 15.3. The number of methoxy groups -OCH3 is 1. The lowest BCUT2D eigenvalue weighted by Gasteiger charge is -2.44. The van der Waals surface area contributed by atoms with Crippen LogP contribution in [0.15, 0.2) is 120 Å². The Morgan fingerprint density at radius 2 is 1.56 bits per heavy atom. The summed E-state index contributed by atoms with van der Waals surface area (Å²) in [5.41, 5.74) is 4.70. The molecule has 0 spiro atoms. The third-order valence-electron chi connectivity index (χ3n) is 11.1. The van der Waals surface area contributed by atoms with Gasteiger partial charge in [-0.3, -0.25) is 14.6 Å². The standard InChI is InChI=1S/C44H46N2O7Si/c1-44(2,3)54(33-13-7-5-8-14-33,34-15-9-6-10-16-34)53-27-31-26-35-40(42(49)46(41(35)48)43(50)51-4)36-28-52-38(39(31)36)23-20-30(37-17-11-12-24-45-37)25-29-18-21-32(47)22-19-29/h5-19,21-22,24-25,35-36,38,40,47H,20,23,26-28H2,1-4H3/b30-25-/t35-,36+,38-,40-/m1/s1. The van der Waals surface area contributed by atoms with Crippen molar-refractivity contribution < 1.29 is 33.4 Å². The Kier molecular flexibility index (Phi) is 10.5. The van der Waals surface area contributed by atoms with E-state index in [0.29, 0.717) is 17.7 Å². The first kappa shape index (κ1) is 37.2. The lowest BCUT2D eigenvalue weighted by molar-refractivity contribution is -0.137. The summed E-state index contributed by atoms with van der Waals surface area (Å²) in [4.78, 5) is 45.8. The van der Waals surface area contributed by atoms with Crippen LogP contribution < -0.4 is 10.4 Å². The fourth-order valence-corrected chi connectivity index (χ4v) is 13.3. The summed E-state index contributed by atoms with van der Waals surface area (Å²) in [7, 11) is -1.80. The van der Waals surface area contributed by atoms with Crippen molar-refractivity contribution in [3.8, 4) is 5.75 Å². The van der Waals surface area contributed by atoms with Gasteiger partial charge in [0.2, 0.25) is 11.8 Å². The predicted molar refractivity (Wildman–Crippen MR) is 209 cm³/mol. The highest BCUT2D eigenvalue weighted by Gasteiger charge is 2.59. The van der Waals surface area contributed by atoms with Crippen molar-refractivity contribution >= 4 is 48.2 Å². The van der Waals surface area contributed by atoms with Gasteiger partial charge in [0.15, 0.2) is 0 Å².